The van der Waals surface area contributed by atoms with Gasteiger partial charge in [0.25, 0.3) is 0 Å². The molecule has 1 aliphatic heterocycles. The molecule has 0 aromatic heterocycles. The number of esters is 2. The van der Waals surface area contributed by atoms with Crippen LogP contribution in [0.4, 0.5) is 0 Å². The van der Waals surface area contributed by atoms with Crippen LogP contribution >= 0.6 is 0 Å². The van der Waals surface area contributed by atoms with Crippen molar-refractivity contribution in [3.63, 3.8) is 0 Å². The van der Waals surface area contributed by atoms with Crippen LogP contribution < -0.4 is 0 Å². The van der Waals surface area contributed by atoms with Crippen molar-refractivity contribution in [3.8, 4) is 0 Å². The number of aliphatic hydroxyl groups excluding tert-OH is 1. The predicted octanol–water partition coefficient (Wildman–Crippen LogP) is 5.85. The summed E-state index contributed by atoms with van der Waals surface area (Å²) < 4.78 is 21.7. The summed E-state index contributed by atoms with van der Waals surface area (Å²) in [5, 5.41) is 10.8. The first kappa shape index (κ1) is 33.5. The van der Waals surface area contributed by atoms with Crippen molar-refractivity contribution in [2.75, 3.05) is 21.0 Å². The first-order chi connectivity index (χ1) is 18.1. The van der Waals surface area contributed by atoms with E-state index in [4.69, 9.17) is 14.2 Å². The number of rotatable bonds is 9. The summed E-state index contributed by atoms with van der Waals surface area (Å²) in [6, 6.07) is 0. The van der Waals surface area contributed by atoms with Gasteiger partial charge in [0, 0.05) is 37.7 Å². The summed E-state index contributed by atoms with van der Waals surface area (Å²) in [5.74, 6) is -0.676. The SMILES string of the molecule is COCO[C@H]1C(C)/C(C)=C/CCC(=O)OC(/C(C)=C/C=C/CCCC(=O)OC)[C@@H](C)/C=C\C=C/C(O)C1C. The monoisotopic (exact) mass is 532 g/mol. The number of aliphatic hydroxyl groups is 1. The van der Waals surface area contributed by atoms with Gasteiger partial charge in [-0.05, 0) is 38.7 Å². The van der Waals surface area contributed by atoms with E-state index in [0.717, 1.165) is 24.0 Å². The van der Waals surface area contributed by atoms with Crippen molar-refractivity contribution in [3.05, 3.63) is 59.8 Å². The maximum Gasteiger partial charge on any atom is 0.306 e. The van der Waals surface area contributed by atoms with Crippen LogP contribution in [0.3, 0.4) is 0 Å². The third kappa shape index (κ3) is 12.4. The normalized spacial score (nSPS) is 31.3. The molecule has 0 saturated carbocycles. The van der Waals surface area contributed by atoms with Gasteiger partial charge in [-0.1, -0.05) is 75.0 Å². The molecule has 4 unspecified atom stereocenters. The summed E-state index contributed by atoms with van der Waals surface area (Å²) in [5.41, 5.74) is 2.02. The zero-order valence-electron chi connectivity index (χ0n) is 24.2. The Labute approximate surface area is 229 Å². The molecule has 0 aromatic rings. The van der Waals surface area contributed by atoms with Gasteiger partial charge in [-0.3, -0.25) is 9.59 Å². The number of hydrogen-bond donors (Lipinski definition) is 1. The summed E-state index contributed by atoms with van der Waals surface area (Å²) in [4.78, 5) is 24.0. The van der Waals surface area contributed by atoms with Crippen molar-refractivity contribution >= 4 is 11.9 Å². The predicted molar refractivity (Wildman–Crippen MR) is 150 cm³/mol. The number of carbonyl (C=O) groups is 2. The van der Waals surface area contributed by atoms with Crippen LogP contribution in [-0.4, -0.2) is 56.4 Å². The van der Waals surface area contributed by atoms with Gasteiger partial charge < -0.3 is 24.1 Å². The van der Waals surface area contributed by atoms with Crippen LogP contribution in [0, 0.1) is 17.8 Å². The number of ether oxygens (including phenoxy) is 4. The maximum atomic E-state index is 12.8. The van der Waals surface area contributed by atoms with E-state index < -0.39 is 12.2 Å². The Morgan fingerprint density at radius 3 is 2.58 bits per heavy atom. The van der Waals surface area contributed by atoms with Gasteiger partial charge in [0.2, 0.25) is 0 Å². The van der Waals surface area contributed by atoms with E-state index in [0.29, 0.717) is 12.8 Å². The standard InChI is InChI=1S/C31H48O7/c1-22-17-14-20-29(34)38-30(23(2)15-10-8-9-11-19-28(33)36-7)24(3)16-12-13-18-27(32)26(5)31(25(22)4)37-21-35-6/h8,10,12-13,15-18,24-27,30-32H,9,11,14,19-21H2,1-7H3/b10-8+,16-12-,18-13-,22-17+,23-15+/t24-,25?,26?,27?,30?,31-/m0/s1. The second-order valence-corrected chi connectivity index (χ2v) is 10.0. The highest BCUT2D eigenvalue weighted by molar-refractivity contribution is 5.70. The Hall–Kier alpha value is -2.48. The molecular formula is C31H48O7. The minimum absolute atomic E-state index is 0.0278. The third-order valence-electron chi connectivity index (χ3n) is 6.95. The highest BCUT2D eigenvalue weighted by Gasteiger charge is 2.29. The van der Waals surface area contributed by atoms with Gasteiger partial charge in [-0.25, -0.2) is 0 Å². The average molecular weight is 533 g/mol. The molecule has 0 spiro atoms. The Morgan fingerprint density at radius 2 is 1.89 bits per heavy atom. The molecule has 7 nitrogen and oxygen atoms in total. The van der Waals surface area contributed by atoms with Crippen LogP contribution in [0.25, 0.3) is 0 Å². The zero-order valence-corrected chi connectivity index (χ0v) is 24.2. The fraction of sp³-hybridized carbons (Fsp3) is 0.613. The molecule has 0 aliphatic carbocycles. The van der Waals surface area contributed by atoms with Crippen LogP contribution in [0.5, 0.6) is 0 Å². The van der Waals surface area contributed by atoms with Crippen LogP contribution in [0.2, 0.25) is 0 Å². The molecule has 0 bridgehead atoms. The van der Waals surface area contributed by atoms with E-state index in [9.17, 15) is 14.7 Å². The molecule has 0 fully saturated rings. The second kappa shape index (κ2) is 18.7. The lowest BCUT2D eigenvalue weighted by atomic mass is 9.84. The van der Waals surface area contributed by atoms with Crippen LogP contribution in [0.1, 0.15) is 66.7 Å². The number of unbranched alkanes of at least 4 members (excludes halogenated alkanes) is 1. The molecule has 1 heterocycles. The summed E-state index contributed by atoms with van der Waals surface area (Å²) in [6.07, 6.45) is 16.7. The molecule has 6 atom stereocenters. The number of allylic oxidation sites excluding steroid dienone is 6. The fourth-order valence-corrected chi connectivity index (χ4v) is 4.34. The highest BCUT2D eigenvalue weighted by Crippen LogP contribution is 2.27. The van der Waals surface area contributed by atoms with Gasteiger partial charge in [0.05, 0.1) is 19.3 Å². The quantitative estimate of drug-likeness (QED) is 0.131. The summed E-state index contributed by atoms with van der Waals surface area (Å²) in [6.45, 7) is 10.2. The molecule has 0 amide bonds. The van der Waals surface area contributed by atoms with E-state index in [1.54, 1.807) is 13.2 Å². The molecular weight excluding hydrogens is 484 g/mol. The first-order valence-electron chi connectivity index (χ1n) is 13.5. The van der Waals surface area contributed by atoms with E-state index in [1.807, 2.05) is 70.2 Å². The minimum atomic E-state index is -0.695. The third-order valence-corrected chi connectivity index (χ3v) is 6.95. The number of hydrogen-bond acceptors (Lipinski definition) is 7. The van der Waals surface area contributed by atoms with Crippen LogP contribution in [0.15, 0.2) is 59.8 Å². The molecule has 38 heavy (non-hydrogen) atoms. The number of methoxy groups -OCH3 is 2. The molecule has 7 heteroatoms. The van der Waals surface area contributed by atoms with E-state index in [2.05, 4.69) is 11.7 Å². The van der Waals surface area contributed by atoms with Crippen molar-refractivity contribution in [1.29, 1.82) is 0 Å². The van der Waals surface area contributed by atoms with Gasteiger partial charge in [-0.15, -0.1) is 0 Å². The lowest BCUT2D eigenvalue weighted by Gasteiger charge is -2.32. The minimum Gasteiger partial charge on any atom is -0.469 e. The molecule has 0 aromatic carbocycles. The van der Waals surface area contributed by atoms with Crippen LogP contribution in [-0.2, 0) is 28.5 Å². The van der Waals surface area contributed by atoms with Crippen molar-refractivity contribution in [1.82, 2.24) is 0 Å². The lowest BCUT2D eigenvalue weighted by Crippen LogP contribution is -2.36. The first-order valence-corrected chi connectivity index (χ1v) is 13.5. The number of cyclic esters (lactones) is 1. The Balaban J connectivity index is 3.09. The molecule has 0 saturated heterocycles. The van der Waals surface area contributed by atoms with Gasteiger partial charge >= 0.3 is 11.9 Å². The zero-order chi connectivity index (χ0) is 28.5. The van der Waals surface area contributed by atoms with Gasteiger partial charge in [0.1, 0.15) is 12.9 Å². The van der Waals surface area contributed by atoms with Crippen molar-refractivity contribution in [2.24, 2.45) is 17.8 Å². The largest absolute Gasteiger partial charge is 0.469 e. The van der Waals surface area contributed by atoms with Crippen molar-refractivity contribution < 1.29 is 33.6 Å². The van der Waals surface area contributed by atoms with E-state index in [1.165, 1.54) is 7.11 Å². The van der Waals surface area contributed by atoms with Crippen molar-refractivity contribution in [2.45, 2.75) is 85.0 Å². The molecule has 214 valence electrons. The average Bonchev–Trinajstić information content (AvgIpc) is 2.90. The Morgan fingerprint density at radius 1 is 1.18 bits per heavy atom. The van der Waals surface area contributed by atoms with E-state index >= 15 is 0 Å². The second-order valence-electron chi connectivity index (χ2n) is 10.0. The maximum absolute atomic E-state index is 12.8. The van der Waals surface area contributed by atoms with E-state index in [-0.39, 0.29) is 49.0 Å². The molecule has 0 radical (unpaired) electrons. The lowest BCUT2D eigenvalue weighted by molar-refractivity contribution is -0.148. The molecule has 1 N–H and O–H groups in total. The van der Waals surface area contributed by atoms with Gasteiger partial charge in [0.15, 0.2) is 0 Å². The summed E-state index contributed by atoms with van der Waals surface area (Å²) in [7, 11) is 2.97. The summed E-state index contributed by atoms with van der Waals surface area (Å²) >= 11 is 0. The smallest absolute Gasteiger partial charge is 0.306 e. The highest BCUT2D eigenvalue weighted by atomic mass is 16.7. The Bertz CT molecular complexity index is 867. The fourth-order valence-electron chi connectivity index (χ4n) is 4.34. The molecule has 1 aliphatic rings. The topological polar surface area (TPSA) is 91.3 Å². The number of carbonyl (C=O) groups excluding carboxylic acids is 2. The molecule has 1 rings (SSSR count). The Kier molecular flexibility index (Phi) is 16.5. The van der Waals surface area contributed by atoms with Gasteiger partial charge in [-0.2, -0.15) is 0 Å².